The molecule has 0 unspecified atom stereocenters. The first kappa shape index (κ1) is 14.1. The molecule has 1 rings (SSSR count). The maximum Gasteiger partial charge on any atom is 0.281 e. The number of carbonyl (C=O) groups excluding carboxylic acids is 1. The summed E-state index contributed by atoms with van der Waals surface area (Å²) in [7, 11) is -3.89. The summed E-state index contributed by atoms with van der Waals surface area (Å²) in [5.41, 5.74) is -0.775. The summed E-state index contributed by atoms with van der Waals surface area (Å²) in [5, 5.41) is -0.182. The molecule has 0 aliphatic rings. The van der Waals surface area contributed by atoms with Gasteiger partial charge in [-0.1, -0.05) is 20.8 Å². The Kier molecular flexibility index (Phi) is 3.93. The average Bonchev–Trinajstić information content (AvgIpc) is 2.16. The highest BCUT2D eigenvalue weighted by Crippen LogP contribution is 2.16. The van der Waals surface area contributed by atoms with E-state index < -0.39 is 21.3 Å². The van der Waals surface area contributed by atoms with Gasteiger partial charge in [0.25, 0.3) is 10.0 Å². The quantitative estimate of drug-likeness (QED) is 0.899. The molecule has 1 amide bonds. The highest BCUT2D eigenvalue weighted by Gasteiger charge is 2.27. The van der Waals surface area contributed by atoms with Crippen molar-refractivity contribution in [2.24, 2.45) is 5.41 Å². The Labute approximate surface area is 109 Å². The van der Waals surface area contributed by atoms with Crippen molar-refractivity contribution in [3.05, 3.63) is 22.8 Å². The number of nitrogens with zero attached hydrogens (tertiary/aromatic N) is 1. The summed E-state index contributed by atoms with van der Waals surface area (Å²) in [4.78, 5) is 15.3. The highest BCUT2D eigenvalue weighted by molar-refractivity contribution is 9.10. The van der Waals surface area contributed by atoms with Crippen LogP contribution < -0.4 is 4.72 Å². The molecule has 0 atom stereocenters. The first-order valence-corrected chi connectivity index (χ1v) is 7.09. The molecule has 0 saturated heterocycles. The summed E-state index contributed by atoms with van der Waals surface area (Å²) in [5.74, 6) is -0.567. The second-order valence-corrected chi connectivity index (χ2v) is 7.04. The summed E-state index contributed by atoms with van der Waals surface area (Å²) in [6, 6.07) is 2.87. The average molecular weight is 321 g/mol. The van der Waals surface area contributed by atoms with Crippen molar-refractivity contribution in [3.8, 4) is 0 Å². The molecule has 0 aliphatic heterocycles. The first-order chi connectivity index (χ1) is 7.63. The molecule has 0 saturated carbocycles. The number of aromatic nitrogens is 1. The van der Waals surface area contributed by atoms with E-state index in [9.17, 15) is 13.2 Å². The van der Waals surface area contributed by atoms with Crippen LogP contribution in [0, 0.1) is 5.41 Å². The van der Waals surface area contributed by atoms with Gasteiger partial charge < -0.3 is 0 Å². The van der Waals surface area contributed by atoms with Gasteiger partial charge in [0.1, 0.15) is 0 Å². The van der Waals surface area contributed by atoms with Crippen molar-refractivity contribution in [1.82, 2.24) is 9.71 Å². The van der Waals surface area contributed by atoms with E-state index in [1.165, 1.54) is 12.3 Å². The Hall–Kier alpha value is -0.950. The van der Waals surface area contributed by atoms with Crippen LogP contribution in [0.5, 0.6) is 0 Å². The van der Waals surface area contributed by atoms with E-state index in [1.807, 2.05) is 4.72 Å². The van der Waals surface area contributed by atoms with Crippen molar-refractivity contribution in [1.29, 1.82) is 0 Å². The molecule has 0 radical (unpaired) electrons. The van der Waals surface area contributed by atoms with Gasteiger partial charge in [0.2, 0.25) is 5.91 Å². The molecule has 1 N–H and O–H groups in total. The lowest BCUT2D eigenvalue weighted by Crippen LogP contribution is -2.39. The molecule has 1 aromatic rings. The lowest BCUT2D eigenvalue weighted by Gasteiger charge is -2.17. The van der Waals surface area contributed by atoms with Crippen LogP contribution in [0.4, 0.5) is 0 Å². The van der Waals surface area contributed by atoms with E-state index in [2.05, 4.69) is 20.9 Å². The van der Waals surface area contributed by atoms with E-state index in [0.29, 0.717) is 4.47 Å². The molecule has 94 valence electrons. The minimum atomic E-state index is -3.89. The van der Waals surface area contributed by atoms with Crippen LogP contribution in [0.2, 0.25) is 0 Å². The SMILES string of the molecule is CC(C)(C)C(=O)NS(=O)(=O)c1ccc(Br)cn1. The lowest BCUT2D eigenvalue weighted by molar-refractivity contribution is -0.126. The second-order valence-electron chi connectivity index (χ2n) is 4.50. The summed E-state index contributed by atoms with van der Waals surface area (Å²) < 4.78 is 26.2. The van der Waals surface area contributed by atoms with Gasteiger partial charge in [0.05, 0.1) is 0 Å². The first-order valence-electron chi connectivity index (χ1n) is 4.82. The van der Waals surface area contributed by atoms with Gasteiger partial charge in [0.15, 0.2) is 5.03 Å². The smallest absolute Gasteiger partial charge is 0.273 e. The largest absolute Gasteiger partial charge is 0.281 e. The standard InChI is InChI=1S/C10H13BrN2O3S/c1-10(2,3)9(14)13-17(15,16)8-5-4-7(11)6-12-8/h4-6H,1-3H3,(H,13,14). The maximum absolute atomic E-state index is 11.8. The van der Waals surface area contributed by atoms with E-state index in [-0.39, 0.29) is 5.03 Å². The Morgan fingerprint density at radius 3 is 2.35 bits per heavy atom. The van der Waals surface area contributed by atoms with E-state index in [1.54, 1.807) is 26.8 Å². The van der Waals surface area contributed by atoms with Crippen molar-refractivity contribution in [2.75, 3.05) is 0 Å². The van der Waals surface area contributed by atoms with Gasteiger partial charge in [-0.2, -0.15) is 8.42 Å². The minimum Gasteiger partial charge on any atom is -0.273 e. The van der Waals surface area contributed by atoms with Crippen LogP contribution in [0.25, 0.3) is 0 Å². The summed E-state index contributed by atoms with van der Waals surface area (Å²) >= 11 is 3.15. The van der Waals surface area contributed by atoms with Gasteiger partial charge >= 0.3 is 0 Å². The zero-order valence-electron chi connectivity index (χ0n) is 9.69. The van der Waals surface area contributed by atoms with Crippen LogP contribution in [-0.2, 0) is 14.8 Å². The number of amides is 1. The van der Waals surface area contributed by atoms with Gasteiger partial charge in [-0.3, -0.25) is 4.79 Å². The second kappa shape index (κ2) is 4.73. The molecular weight excluding hydrogens is 308 g/mol. The fraction of sp³-hybridized carbons (Fsp3) is 0.400. The van der Waals surface area contributed by atoms with Gasteiger partial charge in [0, 0.05) is 16.1 Å². The molecule has 1 aromatic heterocycles. The Morgan fingerprint density at radius 2 is 1.94 bits per heavy atom. The van der Waals surface area contributed by atoms with Gasteiger partial charge in [-0.05, 0) is 28.1 Å². The number of nitrogens with one attached hydrogen (secondary N) is 1. The monoisotopic (exact) mass is 320 g/mol. The molecule has 0 aliphatic carbocycles. The van der Waals surface area contributed by atoms with Crippen LogP contribution in [0.15, 0.2) is 27.8 Å². The van der Waals surface area contributed by atoms with Crippen LogP contribution in [-0.4, -0.2) is 19.3 Å². The molecular formula is C10H13BrN2O3S. The van der Waals surface area contributed by atoms with Crippen LogP contribution in [0.3, 0.4) is 0 Å². The van der Waals surface area contributed by atoms with Crippen molar-refractivity contribution in [3.63, 3.8) is 0 Å². The van der Waals surface area contributed by atoms with Gasteiger partial charge in [-0.15, -0.1) is 0 Å². The van der Waals surface area contributed by atoms with Crippen molar-refractivity contribution < 1.29 is 13.2 Å². The molecule has 5 nitrogen and oxygen atoms in total. The summed E-state index contributed by atoms with van der Waals surface area (Å²) in [6.07, 6.45) is 1.36. The number of hydrogen-bond donors (Lipinski definition) is 1. The molecule has 0 fully saturated rings. The van der Waals surface area contributed by atoms with E-state index >= 15 is 0 Å². The third kappa shape index (κ3) is 3.78. The van der Waals surface area contributed by atoms with E-state index in [4.69, 9.17) is 0 Å². The molecule has 0 bridgehead atoms. The number of rotatable bonds is 2. The molecule has 0 aromatic carbocycles. The Bertz CT molecular complexity index is 517. The zero-order chi connectivity index (χ0) is 13.3. The number of carbonyl (C=O) groups is 1. The zero-order valence-corrected chi connectivity index (χ0v) is 12.1. The Balaban J connectivity index is 2.98. The molecule has 7 heteroatoms. The van der Waals surface area contributed by atoms with Crippen molar-refractivity contribution in [2.45, 2.75) is 25.8 Å². The third-order valence-corrected chi connectivity index (χ3v) is 3.60. The minimum absolute atomic E-state index is 0.182. The fourth-order valence-electron chi connectivity index (χ4n) is 0.849. The van der Waals surface area contributed by atoms with Crippen LogP contribution >= 0.6 is 15.9 Å². The normalized spacial score (nSPS) is 12.2. The number of sulfonamides is 1. The fourth-order valence-corrected chi connectivity index (χ4v) is 2.18. The highest BCUT2D eigenvalue weighted by atomic mass is 79.9. The topological polar surface area (TPSA) is 76.1 Å². The van der Waals surface area contributed by atoms with E-state index in [0.717, 1.165) is 0 Å². The van der Waals surface area contributed by atoms with Crippen molar-refractivity contribution >= 4 is 31.9 Å². The molecule has 17 heavy (non-hydrogen) atoms. The summed E-state index contributed by atoms with van der Waals surface area (Å²) in [6.45, 7) is 4.90. The number of hydrogen-bond acceptors (Lipinski definition) is 4. The molecule has 0 spiro atoms. The van der Waals surface area contributed by atoms with Gasteiger partial charge in [-0.25, -0.2) is 9.71 Å². The molecule has 1 heterocycles. The lowest BCUT2D eigenvalue weighted by atomic mass is 9.96. The maximum atomic E-state index is 11.8. The third-order valence-electron chi connectivity index (χ3n) is 1.88. The van der Waals surface area contributed by atoms with Crippen LogP contribution in [0.1, 0.15) is 20.8 Å². The number of halogens is 1. The Morgan fingerprint density at radius 1 is 1.35 bits per heavy atom. The predicted octanol–water partition coefficient (Wildman–Crippen LogP) is 1.70. The predicted molar refractivity (Wildman–Crippen MR) is 66.7 cm³/mol. The number of pyridine rings is 1.